The van der Waals surface area contributed by atoms with Gasteiger partial charge >= 0.3 is 0 Å². The van der Waals surface area contributed by atoms with Crippen LogP contribution in [-0.4, -0.2) is 23.0 Å². The van der Waals surface area contributed by atoms with E-state index in [1.165, 1.54) is 5.69 Å². The third-order valence-corrected chi connectivity index (χ3v) is 2.93. The van der Waals surface area contributed by atoms with Gasteiger partial charge in [-0.05, 0) is 14.0 Å². The Morgan fingerprint density at radius 2 is 2.46 bits per heavy atom. The van der Waals surface area contributed by atoms with Gasteiger partial charge in [-0.1, -0.05) is 0 Å². The Hall–Kier alpha value is -0.870. The number of rotatable bonds is 3. The highest BCUT2D eigenvalue weighted by atomic mass is 32.1. The molecule has 0 fully saturated rings. The van der Waals surface area contributed by atoms with E-state index in [0.717, 1.165) is 23.6 Å². The van der Waals surface area contributed by atoms with Crippen LogP contribution in [0, 0.1) is 6.92 Å². The van der Waals surface area contributed by atoms with Gasteiger partial charge < -0.3 is 5.32 Å². The zero-order chi connectivity index (χ0) is 9.26. The van der Waals surface area contributed by atoms with Gasteiger partial charge in [-0.25, -0.2) is 4.98 Å². The molecule has 0 bridgehead atoms. The predicted octanol–water partition coefficient (Wildman–Crippen LogP) is 1.47. The lowest BCUT2D eigenvalue weighted by Crippen LogP contribution is -2.11. The summed E-state index contributed by atoms with van der Waals surface area (Å²) in [6, 6.07) is 0. The van der Waals surface area contributed by atoms with Gasteiger partial charge in [-0.2, -0.15) is 0 Å². The van der Waals surface area contributed by atoms with Gasteiger partial charge in [-0.15, -0.1) is 11.3 Å². The topological polar surface area (TPSA) is 29.3 Å². The lowest BCUT2D eigenvalue weighted by Gasteiger charge is -1.99. The van der Waals surface area contributed by atoms with Crippen molar-refractivity contribution < 1.29 is 0 Å². The van der Waals surface area contributed by atoms with Crippen molar-refractivity contribution in [2.24, 2.45) is 0 Å². The molecule has 0 aliphatic rings. The van der Waals surface area contributed by atoms with Crippen LogP contribution in [0.5, 0.6) is 0 Å². The van der Waals surface area contributed by atoms with Crippen molar-refractivity contribution in [1.82, 2.24) is 14.7 Å². The van der Waals surface area contributed by atoms with Crippen LogP contribution in [0.2, 0.25) is 0 Å². The molecular formula is C9H13N3S. The molecule has 2 aromatic rings. The minimum Gasteiger partial charge on any atom is -0.319 e. The Labute approximate surface area is 81.4 Å². The van der Waals surface area contributed by atoms with E-state index in [2.05, 4.69) is 33.2 Å². The molecule has 0 amide bonds. The van der Waals surface area contributed by atoms with Crippen LogP contribution in [0.25, 0.3) is 4.96 Å². The van der Waals surface area contributed by atoms with Crippen molar-refractivity contribution >= 4 is 16.3 Å². The zero-order valence-electron chi connectivity index (χ0n) is 7.87. The summed E-state index contributed by atoms with van der Waals surface area (Å²) in [7, 11) is 1.97. The van der Waals surface area contributed by atoms with Crippen molar-refractivity contribution in [2.45, 2.75) is 13.3 Å². The number of fused-ring (bicyclic) bond motifs is 1. The average Bonchev–Trinajstić information content (AvgIpc) is 2.62. The van der Waals surface area contributed by atoms with Crippen LogP contribution in [0.4, 0.5) is 0 Å². The molecule has 0 aromatic carbocycles. The highest BCUT2D eigenvalue weighted by molar-refractivity contribution is 7.15. The second kappa shape index (κ2) is 3.47. The number of thiazole rings is 1. The van der Waals surface area contributed by atoms with Gasteiger partial charge in [0.1, 0.15) is 0 Å². The van der Waals surface area contributed by atoms with E-state index in [9.17, 15) is 0 Å². The van der Waals surface area contributed by atoms with Crippen molar-refractivity contribution in [3.63, 3.8) is 0 Å². The molecule has 70 valence electrons. The third-order valence-electron chi connectivity index (χ3n) is 2.17. The van der Waals surface area contributed by atoms with Gasteiger partial charge in [-0.3, -0.25) is 4.40 Å². The van der Waals surface area contributed by atoms with Crippen molar-refractivity contribution in [1.29, 1.82) is 0 Å². The summed E-state index contributed by atoms with van der Waals surface area (Å²) in [5.41, 5.74) is 2.48. The molecule has 0 saturated heterocycles. The zero-order valence-corrected chi connectivity index (χ0v) is 8.69. The Kier molecular flexibility index (Phi) is 2.33. The van der Waals surface area contributed by atoms with Gasteiger partial charge in [0.2, 0.25) is 0 Å². The fraction of sp³-hybridized carbons (Fsp3) is 0.444. The maximum Gasteiger partial charge on any atom is 0.194 e. The first kappa shape index (κ1) is 8.72. The van der Waals surface area contributed by atoms with Crippen molar-refractivity contribution in [2.75, 3.05) is 13.6 Å². The fourth-order valence-corrected chi connectivity index (χ4v) is 2.26. The lowest BCUT2D eigenvalue weighted by atomic mass is 10.2. The Bertz CT molecular complexity index is 402. The molecule has 0 aliphatic heterocycles. The third kappa shape index (κ3) is 1.47. The smallest absolute Gasteiger partial charge is 0.194 e. The summed E-state index contributed by atoms with van der Waals surface area (Å²) in [6.45, 7) is 3.08. The van der Waals surface area contributed by atoms with Crippen LogP contribution in [-0.2, 0) is 6.42 Å². The molecule has 0 radical (unpaired) electrons. The summed E-state index contributed by atoms with van der Waals surface area (Å²) in [5.74, 6) is 0. The minimum atomic E-state index is 1.00. The van der Waals surface area contributed by atoms with Crippen LogP contribution < -0.4 is 5.32 Å². The number of hydrogen-bond acceptors (Lipinski definition) is 3. The van der Waals surface area contributed by atoms with E-state index in [0.29, 0.717) is 0 Å². The van der Waals surface area contributed by atoms with E-state index >= 15 is 0 Å². The molecule has 0 spiro atoms. The standard InChI is InChI=1S/C9H13N3S/c1-7-8(3-4-10-2)12-5-6-13-9(12)11-7/h5-6,10H,3-4H2,1-2H3. The molecular weight excluding hydrogens is 182 g/mol. The number of nitrogens with one attached hydrogen (secondary N) is 1. The number of imidazole rings is 1. The summed E-state index contributed by atoms with van der Waals surface area (Å²) >= 11 is 1.69. The molecule has 2 aromatic heterocycles. The highest BCUT2D eigenvalue weighted by Gasteiger charge is 2.07. The van der Waals surface area contributed by atoms with Crippen LogP contribution in [0.1, 0.15) is 11.4 Å². The van der Waals surface area contributed by atoms with E-state index in [-0.39, 0.29) is 0 Å². The molecule has 0 atom stereocenters. The Morgan fingerprint density at radius 1 is 1.62 bits per heavy atom. The average molecular weight is 195 g/mol. The molecule has 2 heterocycles. The predicted molar refractivity (Wildman–Crippen MR) is 55.4 cm³/mol. The SMILES string of the molecule is CNCCc1c(C)nc2sccn12. The first-order chi connectivity index (χ1) is 6.33. The van der Waals surface area contributed by atoms with E-state index in [4.69, 9.17) is 0 Å². The second-order valence-electron chi connectivity index (χ2n) is 3.05. The first-order valence-corrected chi connectivity index (χ1v) is 5.26. The highest BCUT2D eigenvalue weighted by Crippen LogP contribution is 2.16. The Morgan fingerprint density at radius 3 is 3.23 bits per heavy atom. The van der Waals surface area contributed by atoms with Gasteiger partial charge in [0.05, 0.1) is 5.69 Å². The number of likely N-dealkylation sites (N-methyl/N-ethyl adjacent to an activating group) is 1. The summed E-state index contributed by atoms with van der Waals surface area (Å²) in [4.78, 5) is 5.58. The maximum absolute atomic E-state index is 4.48. The molecule has 13 heavy (non-hydrogen) atoms. The molecule has 1 N–H and O–H groups in total. The molecule has 0 saturated carbocycles. The summed E-state index contributed by atoms with van der Waals surface area (Å²) in [5, 5.41) is 5.23. The first-order valence-electron chi connectivity index (χ1n) is 4.38. The van der Waals surface area contributed by atoms with Crippen molar-refractivity contribution in [3.05, 3.63) is 23.0 Å². The number of aromatic nitrogens is 2. The summed E-state index contributed by atoms with van der Waals surface area (Å²) in [6.07, 6.45) is 3.13. The number of nitrogens with zero attached hydrogens (tertiary/aromatic N) is 2. The fourth-order valence-electron chi connectivity index (χ4n) is 1.49. The van der Waals surface area contributed by atoms with Crippen LogP contribution >= 0.6 is 11.3 Å². The van der Waals surface area contributed by atoms with Gasteiger partial charge in [0.25, 0.3) is 0 Å². The summed E-state index contributed by atoms with van der Waals surface area (Å²) < 4.78 is 2.18. The lowest BCUT2D eigenvalue weighted by molar-refractivity contribution is 0.768. The van der Waals surface area contributed by atoms with E-state index < -0.39 is 0 Å². The van der Waals surface area contributed by atoms with Crippen LogP contribution in [0.15, 0.2) is 11.6 Å². The molecule has 3 nitrogen and oxygen atoms in total. The molecule has 2 rings (SSSR count). The van der Waals surface area contributed by atoms with Gasteiger partial charge in [0.15, 0.2) is 4.96 Å². The molecule has 0 aliphatic carbocycles. The van der Waals surface area contributed by atoms with Crippen molar-refractivity contribution in [3.8, 4) is 0 Å². The van der Waals surface area contributed by atoms with E-state index in [1.54, 1.807) is 11.3 Å². The minimum absolute atomic E-state index is 1.00. The van der Waals surface area contributed by atoms with Crippen LogP contribution in [0.3, 0.4) is 0 Å². The second-order valence-corrected chi connectivity index (χ2v) is 3.93. The number of aryl methyl sites for hydroxylation is 1. The quantitative estimate of drug-likeness (QED) is 0.803. The Balaban J connectivity index is 2.39. The molecule has 0 unspecified atom stereocenters. The van der Waals surface area contributed by atoms with Gasteiger partial charge in [0, 0.05) is 30.2 Å². The largest absolute Gasteiger partial charge is 0.319 e. The monoisotopic (exact) mass is 195 g/mol. The van der Waals surface area contributed by atoms with E-state index in [1.807, 2.05) is 7.05 Å². The number of hydrogen-bond donors (Lipinski definition) is 1. The molecule has 4 heteroatoms. The maximum atomic E-state index is 4.48. The normalized spacial score (nSPS) is 11.2.